The molecule has 2 atom stereocenters. The maximum absolute atomic E-state index is 11.7. The molecule has 20 heavy (non-hydrogen) atoms. The Balaban J connectivity index is 2.08. The number of aliphatic hydroxyl groups is 1. The van der Waals surface area contributed by atoms with Gasteiger partial charge in [0.25, 0.3) is 0 Å². The molecule has 0 aromatic carbocycles. The van der Waals surface area contributed by atoms with E-state index in [1.807, 2.05) is 6.92 Å². The third-order valence-electron chi connectivity index (χ3n) is 4.52. The maximum Gasteiger partial charge on any atom is 0.315 e. The summed E-state index contributed by atoms with van der Waals surface area (Å²) in [7, 11) is 0. The fraction of sp³-hybridized carbons (Fsp3) is 0.714. The highest BCUT2D eigenvalue weighted by Crippen LogP contribution is 2.36. The van der Waals surface area contributed by atoms with E-state index in [0.29, 0.717) is 0 Å². The van der Waals surface area contributed by atoms with Crippen LogP contribution in [0.1, 0.15) is 49.2 Å². The Hall–Kier alpha value is -1.56. The van der Waals surface area contributed by atoms with Gasteiger partial charge in [0, 0.05) is 30.3 Å². The van der Waals surface area contributed by atoms with Crippen LogP contribution < -0.4 is 5.73 Å². The van der Waals surface area contributed by atoms with Gasteiger partial charge in [0.1, 0.15) is 0 Å². The second kappa shape index (κ2) is 5.09. The standard InChI is InChI=1S/C14H22N4O2/c1-9-7-10-13(12(8-19)18(9)14(15)20)11-5-3-2-4-6-17(11)16-10/h9,12,19H,2-8H2,1H3,(H2,15,20). The molecule has 2 amide bonds. The van der Waals surface area contributed by atoms with Crippen LogP contribution in [0.15, 0.2) is 0 Å². The average Bonchev–Trinajstić information content (AvgIpc) is 2.58. The Labute approximate surface area is 118 Å². The molecule has 3 N–H and O–H groups in total. The lowest BCUT2D eigenvalue weighted by Crippen LogP contribution is -2.49. The Morgan fingerprint density at radius 1 is 1.45 bits per heavy atom. The fourth-order valence-corrected chi connectivity index (χ4v) is 3.65. The van der Waals surface area contributed by atoms with E-state index in [2.05, 4.69) is 4.68 Å². The number of amides is 2. The number of aromatic nitrogens is 2. The molecule has 0 aliphatic carbocycles. The molecule has 110 valence electrons. The predicted molar refractivity (Wildman–Crippen MR) is 74.2 cm³/mol. The maximum atomic E-state index is 11.7. The van der Waals surface area contributed by atoms with Gasteiger partial charge in [-0.1, -0.05) is 6.42 Å². The van der Waals surface area contributed by atoms with Crippen molar-refractivity contribution in [3.63, 3.8) is 0 Å². The smallest absolute Gasteiger partial charge is 0.315 e. The van der Waals surface area contributed by atoms with Gasteiger partial charge in [-0.25, -0.2) is 4.79 Å². The van der Waals surface area contributed by atoms with Crippen LogP contribution in [0.25, 0.3) is 0 Å². The fourth-order valence-electron chi connectivity index (χ4n) is 3.65. The summed E-state index contributed by atoms with van der Waals surface area (Å²) < 4.78 is 2.08. The number of aryl methyl sites for hydroxylation is 1. The van der Waals surface area contributed by atoms with Gasteiger partial charge in [-0.2, -0.15) is 5.10 Å². The number of primary amides is 1. The second-order valence-corrected chi connectivity index (χ2v) is 5.84. The summed E-state index contributed by atoms with van der Waals surface area (Å²) >= 11 is 0. The molecule has 2 aliphatic heterocycles. The van der Waals surface area contributed by atoms with Crippen molar-refractivity contribution in [2.75, 3.05) is 6.61 Å². The topological polar surface area (TPSA) is 84.4 Å². The number of hydrogen-bond acceptors (Lipinski definition) is 3. The molecule has 6 nitrogen and oxygen atoms in total. The first-order chi connectivity index (χ1) is 9.63. The third-order valence-corrected chi connectivity index (χ3v) is 4.52. The van der Waals surface area contributed by atoms with E-state index in [0.717, 1.165) is 43.5 Å². The van der Waals surface area contributed by atoms with Crippen molar-refractivity contribution in [3.8, 4) is 0 Å². The van der Waals surface area contributed by atoms with Crippen LogP contribution in [0.4, 0.5) is 4.79 Å². The molecule has 2 aliphatic rings. The number of carbonyl (C=O) groups excluding carboxylic acids is 1. The molecule has 0 spiro atoms. The molecule has 3 heterocycles. The summed E-state index contributed by atoms with van der Waals surface area (Å²) in [5, 5.41) is 14.5. The molecule has 0 saturated carbocycles. The lowest BCUT2D eigenvalue weighted by atomic mass is 9.91. The predicted octanol–water partition coefficient (Wildman–Crippen LogP) is 0.968. The largest absolute Gasteiger partial charge is 0.394 e. The van der Waals surface area contributed by atoms with E-state index in [-0.39, 0.29) is 18.7 Å². The lowest BCUT2D eigenvalue weighted by Gasteiger charge is -2.38. The van der Waals surface area contributed by atoms with Crippen LogP contribution in [-0.2, 0) is 19.4 Å². The number of hydrogen-bond donors (Lipinski definition) is 2. The van der Waals surface area contributed by atoms with Gasteiger partial charge in [0.15, 0.2) is 0 Å². The second-order valence-electron chi connectivity index (χ2n) is 5.84. The Morgan fingerprint density at radius 3 is 2.95 bits per heavy atom. The van der Waals surface area contributed by atoms with E-state index in [9.17, 15) is 9.90 Å². The van der Waals surface area contributed by atoms with E-state index in [1.54, 1.807) is 4.90 Å². The highest BCUT2D eigenvalue weighted by Gasteiger charge is 2.38. The molecule has 1 aromatic rings. The summed E-state index contributed by atoms with van der Waals surface area (Å²) in [6, 6.07) is -0.819. The number of aliphatic hydroxyl groups excluding tert-OH is 1. The van der Waals surface area contributed by atoms with Crippen molar-refractivity contribution in [1.82, 2.24) is 14.7 Å². The summed E-state index contributed by atoms with van der Waals surface area (Å²) in [5.74, 6) is 0. The molecular formula is C14H22N4O2. The van der Waals surface area contributed by atoms with Crippen LogP contribution in [0, 0.1) is 0 Å². The number of nitrogens with zero attached hydrogens (tertiary/aromatic N) is 3. The Kier molecular flexibility index (Phi) is 3.41. The third kappa shape index (κ3) is 1.98. The molecule has 0 fully saturated rings. The van der Waals surface area contributed by atoms with Gasteiger partial charge in [-0.3, -0.25) is 4.68 Å². The first-order valence-corrected chi connectivity index (χ1v) is 7.40. The molecule has 0 radical (unpaired) electrons. The van der Waals surface area contributed by atoms with Gasteiger partial charge < -0.3 is 15.7 Å². The first kappa shape index (κ1) is 13.4. The van der Waals surface area contributed by atoms with E-state index < -0.39 is 6.03 Å². The highest BCUT2D eigenvalue weighted by molar-refractivity contribution is 5.73. The van der Waals surface area contributed by atoms with Crippen LogP contribution in [0.3, 0.4) is 0 Å². The molecule has 2 unspecified atom stereocenters. The van der Waals surface area contributed by atoms with Crippen LogP contribution in [0.5, 0.6) is 0 Å². The lowest BCUT2D eigenvalue weighted by molar-refractivity contribution is 0.104. The van der Waals surface area contributed by atoms with Crippen LogP contribution >= 0.6 is 0 Å². The van der Waals surface area contributed by atoms with Gasteiger partial charge in [-0.15, -0.1) is 0 Å². The summed E-state index contributed by atoms with van der Waals surface area (Å²) in [5.41, 5.74) is 8.78. The van der Waals surface area contributed by atoms with E-state index in [1.165, 1.54) is 12.1 Å². The SMILES string of the molecule is CC1Cc2nn3c(c2C(CO)N1C(N)=O)CCCCC3. The zero-order chi connectivity index (χ0) is 14.3. The van der Waals surface area contributed by atoms with Gasteiger partial charge in [-0.05, 0) is 26.2 Å². The minimum Gasteiger partial charge on any atom is -0.394 e. The zero-order valence-corrected chi connectivity index (χ0v) is 11.9. The van der Waals surface area contributed by atoms with Crippen molar-refractivity contribution in [2.45, 2.75) is 57.7 Å². The highest BCUT2D eigenvalue weighted by atomic mass is 16.3. The van der Waals surface area contributed by atoms with E-state index in [4.69, 9.17) is 10.8 Å². The zero-order valence-electron chi connectivity index (χ0n) is 11.9. The number of carbonyl (C=O) groups is 1. The summed E-state index contributed by atoms with van der Waals surface area (Å²) in [4.78, 5) is 13.3. The first-order valence-electron chi connectivity index (χ1n) is 7.40. The average molecular weight is 278 g/mol. The Bertz CT molecular complexity index is 525. The molecule has 0 saturated heterocycles. The van der Waals surface area contributed by atoms with Crippen molar-refractivity contribution in [1.29, 1.82) is 0 Å². The number of rotatable bonds is 1. The Morgan fingerprint density at radius 2 is 2.25 bits per heavy atom. The minimum atomic E-state index is -0.462. The normalized spacial score (nSPS) is 25.8. The van der Waals surface area contributed by atoms with Gasteiger partial charge in [0.05, 0.1) is 18.3 Å². The van der Waals surface area contributed by atoms with Crippen LogP contribution in [0.2, 0.25) is 0 Å². The summed E-state index contributed by atoms with van der Waals surface area (Å²) in [6.07, 6.45) is 5.18. The van der Waals surface area contributed by atoms with E-state index >= 15 is 0 Å². The van der Waals surface area contributed by atoms with Crippen molar-refractivity contribution >= 4 is 6.03 Å². The molecule has 1 aromatic heterocycles. The molecule has 6 heteroatoms. The number of nitrogens with two attached hydrogens (primary N) is 1. The van der Waals surface area contributed by atoms with Gasteiger partial charge >= 0.3 is 6.03 Å². The van der Waals surface area contributed by atoms with Gasteiger partial charge in [0.2, 0.25) is 0 Å². The van der Waals surface area contributed by atoms with Crippen LogP contribution in [-0.4, -0.2) is 38.5 Å². The van der Waals surface area contributed by atoms with Crippen molar-refractivity contribution in [2.24, 2.45) is 5.73 Å². The number of urea groups is 1. The van der Waals surface area contributed by atoms with Crippen molar-refractivity contribution < 1.29 is 9.90 Å². The molecule has 0 bridgehead atoms. The monoisotopic (exact) mass is 278 g/mol. The number of fused-ring (bicyclic) bond motifs is 3. The molecule has 3 rings (SSSR count). The van der Waals surface area contributed by atoms with Crippen molar-refractivity contribution in [3.05, 3.63) is 17.0 Å². The quantitative estimate of drug-likeness (QED) is 0.802. The molecular weight excluding hydrogens is 256 g/mol. The summed E-state index contributed by atoms with van der Waals surface area (Å²) in [6.45, 7) is 2.80. The minimum absolute atomic E-state index is 0.0173.